The molecule has 2 amide bonds. The summed E-state index contributed by atoms with van der Waals surface area (Å²) in [5.41, 5.74) is 6.54. The second kappa shape index (κ2) is 13.9. The summed E-state index contributed by atoms with van der Waals surface area (Å²) < 4.78 is 6.65. The van der Waals surface area contributed by atoms with Crippen LogP contribution in [0.2, 0.25) is 0 Å². The molecule has 1 aromatic carbocycles. The van der Waals surface area contributed by atoms with E-state index < -0.39 is 40.4 Å². The topological polar surface area (TPSA) is 268 Å². The van der Waals surface area contributed by atoms with Gasteiger partial charge in [-0.3, -0.25) is 19.3 Å². The zero-order valence-electron chi connectivity index (χ0n) is 26.2. The lowest BCUT2D eigenvalue weighted by atomic mass is 10.0. The number of rotatable bonds is 11. The van der Waals surface area contributed by atoms with Crippen LogP contribution >= 0.6 is 34.9 Å². The van der Waals surface area contributed by atoms with Gasteiger partial charge in [0, 0.05) is 34.6 Å². The van der Waals surface area contributed by atoms with E-state index in [0.717, 1.165) is 28.6 Å². The molecule has 7 N–H and O–H groups in total. The fourth-order valence-corrected chi connectivity index (χ4v) is 8.31. The Kier molecular flexibility index (Phi) is 9.21. The van der Waals surface area contributed by atoms with Gasteiger partial charge in [-0.1, -0.05) is 5.16 Å². The molecule has 18 nitrogen and oxygen atoms in total. The molecule has 4 aromatic heterocycles. The van der Waals surface area contributed by atoms with Gasteiger partial charge in [0.05, 0.1) is 11.9 Å². The maximum absolute atomic E-state index is 13.5. The van der Waals surface area contributed by atoms with E-state index in [1.165, 1.54) is 41.0 Å². The third-order valence-electron chi connectivity index (χ3n) is 7.74. The first kappa shape index (κ1) is 34.4. The minimum absolute atomic E-state index is 0.00511. The van der Waals surface area contributed by atoms with E-state index in [2.05, 4.69) is 25.5 Å². The maximum Gasteiger partial charge on any atom is 0.352 e. The van der Waals surface area contributed by atoms with Crippen molar-refractivity contribution in [3.63, 3.8) is 0 Å². The van der Waals surface area contributed by atoms with Crippen molar-refractivity contribution in [2.45, 2.75) is 23.0 Å². The number of nitrogens with one attached hydrogen (secondary N) is 1. The van der Waals surface area contributed by atoms with E-state index in [4.69, 9.17) is 15.0 Å². The Hall–Kier alpha value is -6.06. The molecular formula is C31H24N8O10S3. The number of oxime groups is 1. The van der Waals surface area contributed by atoms with Gasteiger partial charge in [0.2, 0.25) is 5.43 Å². The van der Waals surface area contributed by atoms with Crippen molar-refractivity contribution >= 4 is 69.1 Å². The summed E-state index contributed by atoms with van der Waals surface area (Å²) in [4.78, 5) is 66.2. The highest BCUT2D eigenvalue weighted by Crippen LogP contribution is 2.42. The standard InChI is InChI=1S/C31H24N8O10S3/c32-31-35-17(12-52-31)24(37-49-8-15-6-20(42)21(43)9-48-15)27(44)36-25-28(45)38-26(30(46)47)14(11-51-29(25)38)10-50-23-7-16(34-22-3-4-33-39(22)23)13-1-2-18(40)19(41)5-13/h1-7,9,12,25,29,40-41,43H,8,10-11H2,(H2,32,35)(H,36,44)(H,46,47)/t25-,29-/m1/s1. The number of phenols is 2. The summed E-state index contributed by atoms with van der Waals surface area (Å²) in [6, 6.07) is 7.60. The van der Waals surface area contributed by atoms with Gasteiger partial charge in [0.25, 0.3) is 11.8 Å². The molecule has 266 valence electrons. The van der Waals surface area contributed by atoms with Gasteiger partial charge in [-0.05, 0) is 29.8 Å². The Bertz CT molecular complexity index is 2390. The van der Waals surface area contributed by atoms with Crippen molar-refractivity contribution in [1.82, 2.24) is 29.8 Å². The number of phenolic OH excluding ortho intramolecular Hbond substituents is 2. The molecule has 0 radical (unpaired) electrons. The second-order valence-corrected chi connectivity index (χ2v) is 14.1. The van der Waals surface area contributed by atoms with Crippen LogP contribution in [0.4, 0.5) is 5.13 Å². The van der Waals surface area contributed by atoms with Gasteiger partial charge in [-0.15, -0.1) is 34.9 Å². The molecule has 0 spiro atoms. The number of carbonyl (C=O) groups excluding carboxylic acids is 2. The Morgan fingerprint density at radius 2 is 1.94 bits per heavy atom. The van der Waals surface area contributed by atoms with Crippen molar-refractivity contribution in [3.8, 4) is 28.5 Å². The molecule has 6 heterocycles. The lowest BCUT2D eigenvalue weighted by Crippen LogP contribution is -2.71. The molecular weight excluding hydrogens is 741 g/mol. The van der Waals surface area contributed by atoms with E-state index in [1.807, 2.05) is 0 Å². The van der Waals surface area contributed by atoms with Gasteiger partial charge < -0.3 is 40.7 Å². The number of β-lactam (4-membered cyclic amide) rings is 1. The van der Waals surface area contributed by atoms with Crippen LogP contribution in [0, 0.1) is 0 Å². The van der Waals surface area contributed by atoms with Crippen molar-refractivity contribution in [3.05, 3.63) is 87.2 Å². The molecule has 0 aliphatic carbocycles. The fourth-order valence-electron chi connectivity index (χ4n) is 5.26. The van der Waals surface area contributed by atoms with Gasteiger partial charge in [-0.25, -0.2) is 19.3 Å². The maximum atomic E-state index is 13.5. The SMILES string of the molecule is Nc1nc(C(=NOCc2cc(=O)c(O)co2)C(=O)N[C@@H]2C(=O)N3C(C(=O)O)=C(CSc4cc(-c5ccc(O)c(O)c5)nc5ccnn45)CS[C@H]23)cs1. The Balaban J connectivity index is 1.08. The highest BCUT2D eigenvalue weighted by atomic mass is 32.2. The van der Waals surface area contributed by atoms with Crippen LogP contribution in [0.1, 0.15) is 11.5 Å². The number of nitrogen functional groups attached to an aromatic ring is 1. The van der Waals surface area contributed by atoms with Crippen molar-refractivity contribution in [2.24, 2.45) is 5.16 Å². The summed E-state index contributed by atoms with van der Waals surface area (Å²) in [7, 11) is 0. The molecule has 2 aliphatic rings. The number of aromatic hydroxyl groups is 3. The van der Waals surface area contributed by atoms with Gasteiger partial charge in [0.1, 0.15) is 39.9 Å². The number of aromatic nitrogens is 4. The predicted molar refractivity (Wildman–Crippen MR) is 187 cm³/mol. The van der Waals surface area contributed by atoms with Gasteiger partial charge in [0.15, 0.2) is 40.3 Å². The number of thioether (sulfide) groups is 2. The molecule has 1 fully saturated rings. The average molecular weight is 765 g/mol. The minimum atomic E-state index is -1.31. The fraction of sp³-hybridized carbons (Fsp3) is 0.161. The van der Waals surface area contributed by atoms with Crippen LogP contribution in [-0.4, -0.2) is 91.3 Å². The smallest absolute Gasteiger partial charge is 0.352 e. The number of amides is 2. The first-order valence-corrected chi connectivity index (χ1v) is 17.8. The summed E-state index contributed by atoms with van der Waals surface area (Å²) in [5.74, 6) is -3.60. The number of nitrogens with zero attached hydrogens (tertiary/aromatic N) is 6. The highest BCUT2D eigenvalue weighted by molar-refractivity contribution is 8.01. The third kappa shape index (κ3) is 6.58. The van der Waals surface area contributed by atoms with Crippen LogP contribution in [0.25, 0.3) is 16.9 Å². The number of nitrogens with two attached hydrogens (primary N) is 1. The number of carboxylic acids is 1. The molecule has 2 atom stereocenters. The van der Waals surface area contributed by atoms with E-state index >= 15 is 0 Å². The van der Waals surface area contributed by atoms with Crippen molar-refractivity contribution in [1.29, 1.82) is 0 Å². The Labute approximate surface area is 303 Å². The zero-order chi connectivity index (χ0) is 36.7. The van der Waals surface area contributed by atoms with Crippen LogP contribution in [-0.2, 0) is 25.8 Å². The first-order valence-electron chi connectivity index (χ1n) is 14.9. The zero-order valence-corrected chi connectivity index (χ0v) is 28.6. The summed E-state index contributed by atoms with van der Waals surface area (Å²) in [5, 5.41) is 51.6. The number of thiazole rings is 1. The molecule has 5 aromatic rings. The van der Waals surface area contributed by atoms with Crippen LogP contribution in [0.15, 0.2) is 84.9 Å². The molecule has 21 heteroatoms. The molecule has 2 aliphatic heterocycles. The minimum Gasteiger partial charge on any atom is -0.504 e. The Morgan fingerprint density at radius 1 is 1.12 bits per heavy atom. The van der Waals surface area contributed by atoms with Crippen LogP contribution in [0.5, 0.6) is 17.2 Å². The number of aliphatic carboxylic acids is 1. The van der Waals surface area contributed by atoms with E-state index in [0.29, 0.717) is 27.5 Å². The van der Waals surface area contributed by atoms with Gasteiger partial charge >= 0.3 is 5.97 Å². The number of hydrogen-bond acceptors (Lipinski definition) is 17. The number of hydrogen-bond donors (Lipinski definition) is 6. The average Bonchev–Trinajstić information content (AvgIpc) is 3.79. The summed E-state index contributed by atoms with van der Waals surface area (Å²) in [6.07, 6.45) is 2.39. The predicted octanol–water partition coefficient (Wildman–Crippen LogP) is 1.96. The Morgan fingerprint density at radius 3 is 2.67 bits per heavy atom. The van der Waals surface area contributed by atoms with Gasteiger partial charge in [-0.2, -0.15) is 5.10 Å². The normalized spacial score (nSPS) is 17.2. The largest absolute Gasteiger partial charge is 0.504 e. The number of anilines is 1. The quantitative estimate of drug-likeness (QED) is 0.0280. The van der Waals surface area contributed by atoms with Crippen LogP contribution in [0.3, 0.4) is 0 Å². The monoisotopic (exact) mass is 764 g/mol. The number of fused-ring (bicyclic) bond motifs is 2. The molecule has 1 saturated heterocycles. The molecule has 0 unspecified atom stereocenters. The van der Waals surface area contributed by atoms with Crippen LogP contribution < -0.4 is 16.5 Å². The van der Waals surface area contributed by atoms with E-state index in [-0.39, 0.29) is 57.6 Å². The lowest BCUT2D eigenvalue weighted by molar-refractivity contribution is -0.150. The van der Waals surface area contributed by atoms with E-state index in [1.54, 1.807) is 28.9 Å². The summed E-state index contributed by atoms with van der Waals surface area (Å²) in [6.45, 7) is -0.388. The second-order valence-electron chi connectivity index (χ2n) is 11.1. The lowest BCUT2D eigenvalue weighted by Gasteiger charge is -2.49. The number of carbonyl (C=O) groups is 3. The number of benzene rings is 1. The molecule has 0 saturated carbocycles. The molecule has 7 rings (SSSR count). The molecule has 0 bridgehead atoms. The summed E-state index contributed by atoms with van der Waals surface area (Å²) >= 11 is 3.58. The van der Waals surface area contributed by atoms with E-state index in [9.17, 15) is 39.6 Å². The first-order chi connectivity index (χ1) is 25.0. The van der Waals surface area contributed by atoms with Crippen molar-refractivity contribution < 1.29 is 44.1 Å². The highest BCUT2D eigenvalue weighted by Gasteiger charge is 2.54. The third-order valence-corrected chi connectivity index (χ3v) is 10.8. The molecule has 52 heavy (non-hydrogen) atoms. The number of carboxylic acid groups (broad SMARTS) is 1. The van der Waals surface area contributed by atoms with Crippen molar-refractivity contribution in [2.75, 3.05) is 17.2 Å².